The molecular weight excluding hydrogens is 510 g/mol. The Labute approximate surface area is 223 Å². The van der Waals surface area contributed by atoms with E-state index in [-0.39, 0.29) is 29.2 Å². The van der Waals surface area contributed by atoms with Crippen molar-refractivity contribution in [3.8, 4) is 0 Å². The van der Waals surface area contributed by atoms with Gasteiger partial charge in [0.2, 0.25) is 6.04 Å². The Morgan fingerprint density at radius 1 is 1.21 bits per heavy atom. The van der Waals surface area contributed by atoms with Crippen molar-refractivity contribution in [2.45, 2.75) is 69.2 Å². The molecule has 4 atom stereocenters. The predicted molar refractivity (Wildman–Crippen MR) is 141 cm³/mol. The number of nitrogens with two attached hydrogens (primary N) is 2. The third-order valence-corrected chi connectivity index (χ3v) is 8.91. The van der Waals surface area contributed by atoms with Gasteiger partial charge >= 0.3 is 16.0 Å². The van der Waals surface area contributed by atoms with Crippen LogP contribution in [0.2, 0.25) is 0 Å². The van der Waals surface area contributed by atoms with Crippen LogP contribution in [0.1, 0.15) is 55.8 Å². The maximum Gasteiger partial charge on any atom is 0.366 e. The summed E-state index contributed by atoms with van der Waals surface area (Å²) < 4.78 is 25.2. The van der Waals surface area contributed by atoms with Gasteiger partial charge in [0.15, 0.2) is 0 Å². The molecule has 1 unspecified atom stereocenters. The molecule has 0 bridgehead atoms. The molecule has 0 aliphatic carbocycles. The molecule has 6 N–H and O–H groups in total. The van der Waals surface area contributed by atoms with E-state index >= 15 is 0 Å². The number of carboxylic acid groups (broad SMARTS) is 1. The third kappa shape index (κ3) is 6.11. The quantitative estimate of drug-likeness (QED) is 0.108. The maximum absolute atomic E-state index is 13.3. The first kappa shape index (κ1) is 29.4. The number of carboxylic acids is 1. The van der Waals surface area contributed by atoms with Crippen LogP contribution in [0.3, 0.4) is 0 Å². The lowest BCUT2D eigenvalue weighted by Crippen LogP contribution is -2.64. The number of benzene rings is 2. The minimum atomic E-state index is -4.33. The van der Waals surface area contributed by atoms with Gasteiger partial charge in [0, 0.05) is 18.0 Å². The molecule has 0 aromatic heterocycles. The third-order valence-electron chi connectivity index (χ3n) is 6.77. The summed E-state index contributed by atoms with van der Waals surface area (Å²) in [6.45, 7) is 5.62. The number of nitrogens with zero attached hydrogens (tertiary/aromatic N) is 2. The number of amidine groups is 1. The van der Waals surface area contributed by atoms with Crippen molar-refractivity contribution in [3.05, 3.63) is 65.2 Å². The van der Waals surface area contributed by atoms with Gasteiger partial charge in [0.05, 0.1) is 18.6 Å². The van der Waals surface area contributed by atoms with Crippen LogP contribution < -0.4 is 11.6 Å². The molecule has 1 saturated heterocycles. The first-order valence-electron chi connectivity index (χ1n) is 12.3. The average molecular weight is 547 g/mol. The number of hydroxylamine groups is 2. The summed E-state index contributed by atoms with van der Waals surface area (Å²) >= 11 is 0. The highest BCUT2D eigenvalue weighted by Gasteiger charge is 2.49. The van der Waals surface area contributed by atoms with Gasteiger partial charge in [0.25, 0.3) is 0 Å². The topological polar surface area (TPSA) is 177 Å². The zero-order valence-corrected chi connectivity index (χ0v) is 22.8. The largest absolute Gasteiger partial charge is 0.477 e. The van der Waals surface area contributed by atoms with E-state index < -0.39 is 44.3 Å². The number of hydrogen-bond donors (Lipinski definition) is 4. The Morgan fingerprint density at radius 3 is 2.37 bits per heavy atom. The lowest BCUT2D eigenvalue weighted by molar-refractivity contribution is -0.815. The Hall–Kier alpha value is -3.16. The van der Waals surface area contributed by atoms with Gasteiger partial charge in [-0.1, -0.05) is 36.4 Å². The van der Waals surface area contributed by atoms with Crippen LogP contribution in [-0.2, 0) is 24.4 Å². The Morgan fingerprint density at radius 2 is 1.84 bits per heavy atom. The number of likely N-dealkylation sites (N-methyl/N-ethyl adjacent to an activating group) is 1. The lowest BCUT2D eigenvalue weighted by atomic mass is 9.96. The number of rotatable bonds is 11. The highest BCUT2D eigenvalue weighted by molar-refractivity contribution is 7.86. The van der Waals surface area contributed by atoms with Gasteiger partial charge in [-0.15, -0.1) is 4.00 Å². The molecule has 0 spiro atoms. The van der Waals surface area contributed by atoms with E-state index in [1.165, 1.54) is 12.1 Å². The number of carbonyl (C=O) groups excluding carboxylic acids is 1. The summed E-state index contributed by atoms with van der Waals surface area (Å²) in [7, 11) is -3.25. The van der Waals surface area contributed by atoms with E-state index in [0.717, 1.165) is 12.6 Å². The minimum absolute atomic E-state index is 0.0113. The second-order valence-electron chi connectivity index (χ2n) is 10.1. The first-order chi connectivity index (χ1) is 17.6. The summed E-state index contributed by atoms with van der Waals surface area (Å²) in [4.78, 5) is 31.1. The molecular formula is C26H36N5O6S+. The van der Waals surface area contributed by atoms with E-state index in [1.54, 1.807) is 36.3 Å². The average Bonchev–Trinajstić information content (AvgIpc) is 3.26. The van der Waals surface area contributed by atoms with Gasteiger partial charge in [-0.2, -0.15) is 19.3 Å². The molecule has 1 aliphatic heterocycles. The van der Waals surface area contributed by atoms with Crippen LogP contribution in [0.4, 0.5) is 0 Å². The van der Waals surface area contributed by atoms with Crippen LogP contribution in [0.25, 0.3) is 0 Å². The van der Waals surface area contributed by atoms with E-state index in [0.29, 0.717) is 17.5 Å². The summed E-state index contributed by atoms with van der Waals surface area (Å²) in [6.07, 6.45) is -0.731. The van der Waals surface area contributed by atoms with E-state index in [2.05, 4.69) is 0 Å². The molecule has 0 saturated carbocycles. The molecule has 12 heteroatoms. The molecule has 38 heavy (non-hydrogen) atoms. The molecule has 0 amide bonds. The number of carbonyl (C=O) groups is 2. The van der Waals surface area contributed by atoms with Crippen molar-refractivity contribution in [2.24, 2.45) is 11.6 Å². The van der Waals surface area contributed by atoms with Crippen LogP contribution in [-0.4, -0.2) is 65.4 Å². The lowest BCUT2D eigenvalue weighted by Gasteiger charge is -2.32. The van der Waals surface area contributed by atoms with Crippen molar-refractivity contribution >= 4 is 27.6 Å². The summed E-state index contributed by atoms with van der Waals surface area (Å²) in [6, 6.07) is 11.3. The maximum atomic E-state index is 13.3. The first-order valence-corrected chi connectivity index (χ1v) is 13.7. The number of nitrogen functional groups attached to an aromatic ring is 1. The highest BCUT2D eigenvalue weighted by atomic mass is 32.2. The zero-order valence-electron chi connectivity index (χ0n) is 22.0. The highest BCUT2D eigenvalue weighted by Crippen LogP contribution is 2.37. The Bertz CT molecular complexity index is 1310. The number of aryl methyl sites for hydroxylation is 1. The van der Waals surface area contributed by atoms with Gasteiger partial charge in [-0.05, 0) is 50.5 Å². The summed E-state index contributed by atoms with van der Waals surface area (Å²) in [5, 5.41) is 19.2. The van der Waals surface area contributed by atoms with Crippen LogP contribution >= 0.6 is 0 Å². The Balaban J connectivity index is 1.76. The second kappa shape index (κ2) is 11.3. The number of hydrogen-bond acceptors (Lipinski definition) is 8. The van der Waals surface area contributed by atoms with Crippen molar-refractivity contribution in [1.29, 1.82) is 5.41 Å². The van der Waals surface area contributed by atoms with Gasteiger partial charge < -0.3 is 10.8 Å². The molecule has 0 radical (unpaired) electrons. The molecule has 1 aliphatic rings. The zero-order chi connectivity index (χ0) is 28.4. The van der Waals surface area contributed by atoms with Crippen molar-refractivity contribution in [3.63, 3.8) is 0 Å². The van der Waals surface area contributed by atoms with Crippen LogP contribution in [0.5, 0.6) is 0 Å². The molecule has 2 aromatic rings. The summed E-state index contributed by atoms with van der Waals surface area (Å²) in [5.74, 6) is 4.14. The number of aliphatic carboxylic acids is 1. The van der Waals surface area contributed by atoms with Gasteiger partial charge in [0.1, 0.15) is 23.6 Å². The number of quaternary nitrogens is 1. The van der Waals surface area contributed by atoms with Crippen LogP contribution in [0.15, 0.2) is 53.4 Å². The number of ketones is 1. The monoisotopic (exact) mass is 546 g/mol. The van der Waals surface area contributed by atoms with Crippen molar-refractivity contribution in [2.75, 3.05) is 7.05 Å². The van der Waals surface area contributed by atoms with Gasteiger partial charge in [-0.25, -0.2) is 4.79 Å². The fraction of sp³-hybridized carbons (Fsp3) is 0.423. The standard InChI is InChI=1S/C26H35N5O6S/c1-16(2)30-23(18-8-10-19(11-9-18)25(27)28)15-21(37-30)13-20(32)14-24(26(33)34)31(4,29)38(35,36)22-7-5-6-17(3)12-22/h5-12,16,21,23-24H,13-15,29H2,1-4H3,(H3-,27,28,33,34)/p+1/t21-,23-,24-,31?/m0/s1. The molecule has 3 rings (SSSR count). The fourth-order valence-corrected chi connectivity index (χ4v) is 6.16. The van der Waals surface area contributed by atoms with Crippen LogP contribution in [0, 0.1) is 12.3 Å². The van der Waals surface area contributed by atoms with E-state index in [1.807, 2.05) is 26.0 Å². The number of Topliss-reactive ketones (excluding diaryl/α,β-unsaturated/α-hetero) is 1. The fourth-order valence-electron chi connectivity index (χ4n) is 4.62. The SMILES string of the molecule is Cc1cccc(S(=O)(=O)[N+](C)(N)[C@@H](CC(=O)C[C@H]2C[C@@H](c3ccc(C(=N)N)cc3)N(C(C)C)O2)C(=O)O)c1. The van der Waals surface area contributed by atoms with E-state index in [9.17, 15) is 23.1 Å². The molecule has 1 fully saturated rings. The minimum Gasteiger partial charge on any atom is -0.477 e. The molecule has 1 heterocycles. The predicted octanol–water partition coefficient (Wildman–Crippen LogP) is 2.25. The van der Waals surface area contributed by atoms with Crippen molar-refractivity contribution < 1.29 is 31.9 Å². The van der Waals surface area contributed by atoms with Gasteiger partial charge in [-0.3, -0.25) is 15.0 Å². The molecule has 11 nitrogen and oxygen atoms in total. The smallest absolute Gasteiger partial charge is 0.366 e. The van der Waals surface area contributed by atoms with Crippen molar-refractivity contribution in [1.82, 2.24) is 5.06 Å². The van der Waals surface area contributed by atoms with E-state index in [4.69, 9.17) is 21.8 Å². The normalized spacial score (nSPS) is 20.7. The molecule has 2 aromatic carbocycles. The number of sulfonamides is 1. The second-order valence-corrected chi connectivity index (χ2v) is 12.3. The number of nitrogens with one attached hydrogen (secondary N) is 1. The Kier molecular flexibility index (Phi) is 8.74. The summed E-state index contributed by atoms with van der Waals surface area (Å²) in [5.41, 5.74) is 7.75. The molecule has 206 valence electrons.